The minimum absolute atomic E-state index is 0. The van der Waals surface area contributed by atoms with Gasteiger partial charge in [-0.1, -0.05) is 0 Å². The Labute approximate surface area is 163 Å². The van der Waals surface area contributed by atoms with Crippen molar-refractivity contribution in [2.45, 2.75) is 48.2 Å². The Morgan fingerprint density at radius 2 is 1.47 bits per heavy atom. The van der Waals surface area contributed by atoms with Gasteiger partial charge in [0.05, 0.1) is 0 Å². The molecule has 1 atom stereocenters. The van der Waals surface area contributed by atoms with Gasteiger partial charge in [-0.15, -0.1) is 0 Å². The van der Waals surface area contributed by atoms with Crippen molar-refractivity contribution >= 4 is 26.6 Å². The molecule has 8 heteroatoms. The molecule has 0 radical (unpaired) electrons. The molecular formula is C11H23GeNa2O4P. The molecule has 0 N–H and O–H groups in total. The molecule has 102 valence electrons. The standard InChI is InChI=1S/C11H25GeO4P.2Na/c1-4-12(5-2,6-3)8-10-17(15,16)9-7-11(13)14;;/h4-10H2,1-3H3,(H,13,14)(H,15,16);;/q;2*+1/p-2. The quantitative estimate of drug-likeness (QED) is 0.302. The summed E-state index contributed by atoms with van der Waals surface area (Å²) in [5.41, 5.74) is 0. The van der Waals surface area contributed by atoms with E-state index >= 15 is 0 Å². The van der Waals surface area contributed by atoms with E-state index in [9.17, 15) is 19.4 Å². The molecule has 0 bridgehead atoms. The maximum atomic E-state index is 11.7. The van der Waals surface area contributed by atoms with Crippen molar-refractivity contribution in [3.63, 3.8) is 0 Å². The third-order valence-corrected chi connectivity index (χ3v) is 18.8. The number of carboxylic acid groups (broad SMARTS) is 1. The molecule has 0 saturated heterocycles. The summed E-state index contributed by atoms with van der Waals surface area (Å²) < 4.78 is 11.7. The molecule has 0 spiro atoms. The third-order valence-electron chi connectivity index (χ3n) is 3.89. The summed E-state index contributed by atoms with van der Waals surface area (Å²) in [6.07, 6.45) is -0.425. The van der Waals surface area contributed by atoms with Crippen molar-refractivity contribution in [3.8, 4) is 0 Å². The van der Waals surface area contributed by atoms with Gasteiger partial charge in [0.15, 0.2) is 0 Å². The van der Waals surface area contributed by atoms with Gasteiger partial charge in [0.2, 0.25) is 0 Å². The van der Waals surface area contributed by atoms with Gasteiger partial charge in [0.1, 0.15) is 0 Å². The third kappa shape index (κ3) is 11.4. The largest absolute Gasteiger partial charge is 1.00 e. The van der Waals surface area contributed by atoms with Gasteiger partial charge in [-0.25, -0.2) is 0 Å². The number of hydrogen-bond acceptors (Lipinski definition) is 4. The summed E-state index contributed by atoms with van der Waals surface area (Å²) in [6.45, 7) is 6.47. The normalized spacial score (nSPS) is 13.9. The van der Waals surface area contributed by atoms with Crippen LogP contribution in [0.15, 0.2) is 0 Å². The molecule has 0 heterocycles. The molecule has 0 aromatic rings. The van der Waals surface area contributed by atoms with Crippen molar-refractivity contribution < 1.29 is 78.5 Å². The van der Waals surface area contributed by atoms with Crippen molar-refractivity contribution in [2.75, 3.05) is 12.3 Å². The van der Waals surface area contributed by atoms with E-state index in [0.29, 0.717) is 0 Å². The first kappa shape index (κ1) is 26.1. The molecule has 0 aromatic heterocycles. The Balaban J connectivity index is -0.00000128. The molecule has 1 unspecified atom stereocenters. The molecule has 0 aliphatic carbocycles. The Bertz CT molecular complexity index is 290. The maximum Gasteiger partial charge on any atom is 1.00 e. The predicted molar refractivity (Wildman–Crippen MR) is 69.0 cm³/mol. The van der Waals surface area contributed by atoms with Crippen LogP contribution in [0.5, 0.6) is 0 Å². The van der Waals surface area contributed by atoms with Crippen LogP contribution < -0.4 is 69.1 Å². The van der Waals surface area contributed by atoms with E-state index in [1.165, 1.54) is 0 Å². The fourth-order valence-corrected chi connectivity index (χ4v) is 14.1. The van der Waals surface area contributed by atoms with E-state index in [0.717, 1.165) is 21.0 Å². The number of carbonyl (C=O) groups excluding carboxylic acids is 1. The van der Waals surface area contributed by atoms with Crippen molar-refractivity contribution in [1.82, 2.24) is 0 Å². The van der Waals surface area contributed by atoms with Crippen molar-refractivity contribution in [3.05, 3.63) is 0 Å². The second-order valence-electron chi connectivity index (χ2n) is 4.69. The summed E-state index contributed by atoms with van der Waals surface area (Å²) in [4.78, 5) is 22.0. The zero-order valence-corrected chi connectivity index (χ0v) is 20.0. The number of rotatable bonds is 9. The minimum atomic E-state index is -3.51. The van der Waals surface area contributed by atoms with Gasteiger partial charge < -0.3 is 0 Å². The fraction of sp³-hybridized carbons (Fsp3) is 0.909. The monoisotopic (exact) mass is 370 g/mol. The molecule has 0 amide bonds. The van der Waals surface area contributed by atoms with Gasteiger partial charge in [-0.2, -0.15) is 0 Å². The van der Waals surface area contributed by atoms with Crippen LogP contribution in [-0.2, 0) is 9.36 Å². The van der Waals surface area contributed by atoms with Crippen LogP contribution in [0.1, 0.15) is 27.2 Å². The molecule has 0 rings (SSSR count). The van der Waals surface area contributed by atoms with Crippen LogP contribution in [0.2, 0.25) is 21.0 Å². The van der Waals surface area contributed by atoms with Crippen molar-refractivity contribution in [1.29, 1.82) is 0 Å². The zero-order chi connectivity index (χ0) is 13.5. The number of carboxylic acids is 1. The summed E-state index contributed by atoms with van der Waals surface area (Å²) >= 11 is -1.94. The van der Waals surface area contributed by atoms with Gasteiger partial charge in [0.25, 0.3) is 0 Å². The molecule has 0 aliphatic heterocycles. The predicted octanol–water partition coefficient (Wildman–Crippen LogP) is -4.72. The summed E-state index contributed by atoms with van der Waals surface area (Å²) in [5, 5.41) is 14.5. The SMILES string of the molecule is C[CH2][Ge]([CH2]C)([CH2]C)[CH2]CP(=O)([O-])CCC(=O)[O-].[Na+].[Na+]. The van der Waals surface area contributed by atoms with Gasteiger partial charge >= 0.3 is 166 Å². The number of aliphatic carboxylic acids is 1. The fourth-order valence-electron chi connectivity index (χ4n) is 2.06. The van der Waals surface area contributed by atoms with E-state index in [1.54, 1.807) is 0 Å². The van der Waals surface area contributed by atoms with Crippen LogP contribution in [0.4, 0.5) is 0 Å². The Morgan fingerprint density at radius 3 is 1.79 bits per heavy atom. The molecule has 0 aromatic carbocycles. The van der Waals surface area contributed by atoms with Crippen LogP contribution >= 0.6 is 7.37 Å². The second-order valence-corrected chi connectivity index (χ2v) is 19.0. The van der Waals surface area contributed by atoms with Gasteiger partial charge in [-0.3, -0.25) is 0 Å². The van der Waals surface area contributed by atoms with E-state index < -0.39 is 26.6 Å². The Hall–Kier alpha value is 2.20. The van der Waals surface area contributed by atoms with E-state index in [1.807, 2.05) is 0 Å². The van der Waals surface area contributed by atoms with E-state index in [2.05, 4.69) is 20.8 Å². The van der Waals surface area contributed by atoms with E-state index in [4.69, 9.17) is 0 Å². The Morgan fingerprint density at radius 1 is 1.05 bits per heavy atom. The van der Waals surface area contributed by atoms with Crippen LogP contribution in [0, 0.1) is 0 Å². The van der Waals surface area contributed by atoms with Gasteiger partial charge in [-0.05, 0) is 0 Å². The number of hydrogen-bond donors (Lipinski definition) is 0. The zero-order valence-electron chi connectivity index (χ0n) is 13.0. The maximum absolute atomic E-state index is 11.7. The van der Waals surface area contributed by atoms with Crippen LogP contribution in [-0.4, -0.2) is 31.6 Å². The molecule has 0 fully saturated rings. The molecule has 0 aliphatic rings. The smallest absolute Gasteiger partial charge is 1.00 e. The summed E-state index contributed by atoms with van der Waals surface area (Å²) in [6, 6.07) is 0. The van der Waals surface area contributed by atoms with Crippen LogP contribution in [0.3, 0.4) is 0 Å². The molecule has 4 nitrogen and oxygen atoms in total. The first-order valence-corrected chi connectivity index (χ1v) is 14.2. The molecule has 0 saturated carbocycles. The van der Waals surface area contributed by atoms with Gasteiger partial charge in [0, 0.05) is 0 Å². The average molecular weight is 369 g/mol. The van der Waals surface area contributed by atoms with Crippen LogP contribution in [0.25, 0.3) is 0 Å². The Kier molecular flexibility index (Phi) is 17.5. The first-order chi connectivity index (χ1) is 7.81. The number of carbonyl (C=O) groups is 1. The minimum Gasteiger partial charge on any atom is 1.00 e. The van der Waals surface area contributed by atoms with Crippen molar-refractivity contribution in [2.24, 2.45) is 0 Å². The molecule has 19 heavy (non-hydrogen) atoms. The average Bonchev–Trinajstić information content (AvgIpc) is 2.29. The first-order valence-electron chi connectivity index (χ1n) is 6.29. The van der Waals surface area contributed by atoms with E-state index in [-0.39, 0.29) is 77.9 Å². The topological polar surface area (TPSA) is 80.3 Å². The second kappa shape index (κ2) is 12.7. The summed E-state index contributed by atoms with van der Waals surface area (Å²) in [7, 11) is -3.51. The summed E-state index contributed by atoms with van der Waals surface area (Å²) in [5.74, 6) is -1.28. The molecular weight excluding hydrogens is 346 g/mol.